The van der Waals surface area contributed by atoms with Crippen molar-refractivity contribution in [1.29, 1.82) is 0 Å². The molecule has 0 N–H and O–H groups in total. The lowest BCUT2D eigenvalue weighted by molar-refractivity contribution is -0.137. The van der Waals surface area contributed by atoms with E-state index in [1.54, 1.807) is 6.08 Å². The van der Waals surface area contributed by atoms with E-state index in [-0.39, 0.29) is 16.8 Å². The predicted molar refractivity (Wildman–Crippen MR) is 173 cm³/mol. The predicted octanol–water partition coefficient (Wildman–Crippen LogP) is 10.7. The molecule has 0 radical (unpaired) electrons. The average Bonchev–Trinajstić information content (AvgIpc) is 3.27. The lowest BCUT2D eigenvalue weighted by Crippen LogP contribution is -2.32. The smallest absolute Gasteiger partial charge is 0.330 e. The molecule has 2 aliphatic carbocycles. The first-order chi connectivity index (χ1) is 19.8. The molecule has 0 aromatic heterocycles. The largest absolute Gasteiger partial charge is 0.463 e. The van der Waals surface area contributed by atoms with Crippen LogP contribution < -0.4 is 0 Å². The third-order valence-corrected chi connectivity index (χ3v) is 9.94. The van der Waals surface area contributed by atoms with Gasteiger partial charge in [-0.25, -0.2) is 4.79 Å². The normalized spacial score (nSPS) is 22.5. The van der Waals surface area contributed by atoms with Gasteiger partial charge in [-0.3, -0.25) is 4.79 Å². The van der Waals surface area contributed by atoms with Crippen molar-refractivity contribution in [2.24, 2.45) is 16.7 Å². The summed E-state index contributed by atoms with van der Waals surface area (Å²) >= 11 is 0. The fourth-order valence-corrected chi connectivity index (χ4v) is 6.71. The van der Waals surface area contributed by atoms with E-state index < -0.39 is 0 Å². The molecule has 0 amide bonds. The Labute approximate surface area is 250 Å². The minimum absolute atomic E-state index is 0.0307. The van der Waals surface area contributed by atoms with Crippen LogP contribution in [0.4, 0.5) is 0 Å². The SMILES string of the molecule is CCCCCCCC/C=C\CCCCCCCCOC(=O)C=Cc1ccc(C=C2C(=O)C3(C)CCC2C3(C)C)cc1. The average molecular weight is 561 g/mol. The molecule has 2 saturated carbocycles. The van der Waals surface area contributed by atoms with E-state index in [0.717, 1.165) is 42.4 Å². The van der Waals surface area contributed by atoms with Gasteiger partial charge in [0, 0.05) is 11.5 Å². The Morgan fingerprint density at radius 3 is 1.98 bits per heavy atom. The highest BCUT2D eigenvalue weighted by molar-refractivity contribution is 6.08. The van der Waals surface area contributed by atoms with Gasteiger partial charge in [0.15, 0.2) is 5.78 Å². The molecule has 2 aliphatic rings. The molecular weight excluding hydrogens is 504 g/mol. The van der Waals surface area contributed by atoms with E-state index in [0.29, 0.717) is 18.3 Å². The van der Waals surface area contributed by atoms with Crippen LogP contribution in [0.5, 0.6) is 0 Å². The second-order valence-corrected chi connectivity index (χ2v) is 13.2. The summed E-state index contributed by atoms with van der Waals surface area (Å²) in [5, 5.41) is 0. The monoisotopic (exact) mass is 560 g/mol. The van der Waals surface area contributed by atoms with Crippen molar-refractivity contribution in [2.75, 3.05) is 6.61 Å². The Morgan fingerprint density at radius 1 is 0.829 bits per heavy atom. The molecule has 0 saturated heterocycles. The third kappa shape index (κ3) is 9.55. The number of esters is 1. The zero-order chi connectivity index (χ0) is 29.6. The van der Waals surface area contributed by atoms with E-state index >= 15 is 0 Å². The van der Waals surface area contributed by atoms with Gasteiger partial charge in [-0.15, -0.1) is 0 Å². The summed E-state index contributed by atoms with van der Waals surface area (Å²) in [6.45, 7) is 9.39. The highest BCUT2D eigenvalue weighted by atomic mass is 16.5. The summed E-state index contributed by atoms with van der Waals surface area (Å²) in [5.74, 6) is 0.389. The Bertz CT molecular complexity index is 1040. The fraction of sp³-hybridized carbons (Fsp3) is 0.632. The van der Waals surface area contributed by atoms with Crippen LogP contribution in [0.1, 0.15) is 142 Å². The van der Waals surface area contributed by atoms with Gasteiger partial charge in [0.05, 0.1) is 6.61 Å². The molecule has 3 nitrogen and oxygen atoms in total. The molecule has 0 spiro atoms. The topological polar surface area (TPSA) is 43.4 Å². The van der Waals surface area contributed by atoms with Gasteiger partial charge < -0.3 is 4.74 Å². The Kier molecular flexibility index (Phi) is 13.6. The van der Waals surface area contributed by atoms with Crippen molar-refractivity contribution >= 4 is 23.9 Å². The van der Waals surface area contributed by atoms with Gasteiger partial charge in [0.1, 0.15) is 0 Å². The molecule has 3 rings (SSSR count). The fourth-order valence-electron chi connectivity index (χ4n) is 6.71. The van der Waals surface area contributed by atoms with Crippen molar-refractivity contribution in [3.05, 3.63) is 59.2 Å². The Morgan fingerprint density at radius 2 is 1.39 bits per heavy atom. The number of ketones is 1. The zero-order valence-electron chi connectivity index (χ0n) is 26.5. The lowest BCUT2D eigenvalue weighted by Gasteiger charge is -2.31. The molecule has 3 heteroatoms. The van der Waals surface area contributed by atoms with Crippen molar-refractivity contribution in [3.63, 3.8) is 0 Å². The zero-order valence-corrected chi connectivity index (χ0v) is 26.5. The van der Waals surface area contributed by atoms with E-state index in [9.17, 15) is 9.59 Å². The molecule has 0 heterocycles. The highest BCUT2D eigenvalue weighted by Gasteiger charge is 2.63. The maximum atomic E-state index is 13.1. The molecule has 2 unspecified atom stereocenters. The Balaban J connectivity index is 1.22. The molecule has 0 aliphatic heterocycles. The third-order valence-electron chi connectivity index (χ3n) is 9.94. The van der Waals surface area contributed by atoms with E-state index in [1.165, 1.54) is 83.1 Å². The summed E-state index contributed by atoms with van der Waals surface area (Å²) in [6.07, 6.45) is 30.0. The van der Waals surface area contributed by atoms with Crippen molar-refractivity contribution in [2.45, 2.75) is 130 Å². The first kappa shape index (κ1) is 33.1. The molecule has 226 valence electrons. The van der Waals surface area contributed by atoms with Crippen LogP contribution >= 0.6 is 0 Å². The van der Waals surface area contributed by atoms with Crippen LogP contribution in [0.25, 0.3) is 12.2 Å². The van der Waals surface area contributed by atoms with Crippen LogP contribution in [0.2, 0.25) is 0 Å². The number of hydrogen-bond acceptors (Lipinski definition) is 3. The number of carbonyl (C=O) groups excluding carboxylic acids is 2. The van der Waals surface area contributed by atoms with Gasteiger partial charge in [0.2, 0.25) is 0 Å². The van der Waals surface area contributed by atoms with Crippen LogP contribution in [0.3, 0.4) is 0 Å². The van der Waals surface area contributed by atoms with Gasteiger partial charge >= 0.3 is 5.97 Å². The second-order valence-electron chi connectivity index (χ2n) is 13.2. The maximum absolute atomic E-state index is 13.1. The molecular formula is C38H56O3. The summed E-state index contributed by atoms with van der Waals surface area (Å²) in [4.78, 5) is 25.2. The minimum Gasteiger partial charge on any atom is -0.463 e. The van der Waals surface area contributed by atoms with Crippen LogP contribution in [-0.2, 0) is 14.3 Å². The Hall–Kier alpha value is -2.42. The van der Waals surface area contributed by atoms with Crippen LogP contribution in [0, 0.1) is 16.7 Å². The van der Waals surface area contributed by atoms with E-state index in [2.05, 4.69) is 45.9 Å². The first-order valence-electron chi connectivity index (χ1n) is 16.7. The maximum Gasteiger partial charge on any atom is 0.330 e. The standard InChI is InChI=1S/C38H56O3/c1-5-6-7-8-9-10-11-12-13-14-15-16-17-18-19-20-29-41-35(39)26-25-31-21-23-32(24-22-31)30-33-34-27-28-38(4,36(33)40)37(34,2)3/h12-13,21-26,30,34H,5-11,14-20,27-29H2,1-4H3/b13-12-,26-25?,33-30?. The second kappa shape index (κ2) is 16.9. The molecule has 2 fully saturated rings. The summed E-state index contributed by atoms with van der Waals surface area (Å²) in [5.41, 5.74) is 2.79. The minimum atomic E-state index is -0.285. The summed E-state index contributed by atoms with van der Waals surface area (Å²) in [7, 11) is 0. The van der Waals surface area contributed by atoms with Crippen LogP contribution in [-0.4, -0.2) is 18.4 Å². The first-order valence-corrected chi connectivity index (χ1v) is 16.7. The molecule has 41 heavy (non-hydrogen) atoms. The summed E-state index contributed by atoms with van der Waals surface area (Å²) in [6, 6.07) is 8.04. The number of carbonyl (C=O) groups is 2. The molecule has 1 aromatic carbocycles. The van der Waals surface area contributed by atoms with Crippen molar-refractivity contribution in [3.8, 4) is 0 Å². The number of benzene rings is 1. The molecule has 2 atom stereocenters. The number of ether oxygens (including phenoxy) is 1. The van der Waals surface area contributed by atoms with Crippen molar-refractivity contribution in [1.82, 2.24) is 0 Å². The van der Waals surface area contributed by atoms with E-state index in [1.807, 2.05) is 24.3 Å². The lowest BCUT2D eigenvalue weighted by atomic mass is 9.70. The number of fused-ring (bicyclic) bond motifs is 2. The summed E-state index contributed by atoms with van der Waals surface area (Å²) < 4.78 is 5.38. The van der Waals surface area contributed by atoms with Gasteiger partial charge in [-0.2, -0.15) is 0 Å². The number of unbranched alkanes of at least 4 members (excludes halogenated alkanes) is 12. The highest BCUT2D eigenvalue weighted by Crippen LogP contribution is 2.65. The molecule has 1 aromatic rings. The van der Waals surface area contributed by atoms with E-state index in [4.69, 9.17) is 4.74 Å². The quantitative estimate of drug-likeness (QED) is 0.0731. The van der Waals surface area contributed by atoms with Crippen molar-refractivity contribution < 1.29 is 14.3 Å². The van der Waals surface area contributed by atoms with Gasteiger partial charge in [-0.1, -0.05) is 122 Å². The van der Waals surface area contributed by atoms with Gasteiger partial charge in [-0.05, 0) is 85.1 Å². The van der Waals surface area contributed by atoms with Crippen LogP contribution in [0.15, 0.2) is 48.1 Å². The van der Waals surface area contributed by atoms with Gasteiger partial charge in [0.25, 0.3) is 0 Å². The molecule has 2 bridgehead atoms. The number of Topliss-reactive ketones (excluding diaryl/α,β-unsaturated/α-hetero) is 1. The number of hydrogen-bond donors (Lipinski definition) is 0. The number of allylic oxidation sites excluding steroid dienone is 3. The number of rotatable bonds is 19.